The van der Waals surface area contributed by atoms with Crippen molar-refractivity contribution in [2.45, 2.75) is 52.5 Å². The Kier molecular flexibility index (Phi) is 4.44. The number of carboxylic acid groups (broad SMARTS) is 1. The molecule has 4 nitrogen and oxygen atoms in total. The number of carboxylic acids is 1. The maximum Gasteiger partial charge on any atom is 0.323 e. The molecule has 18 heavy (non-hydrogen) atoms. The van der Waals surface area contributed by atoms with Gasteiger partial charge in [0.25, 0.3) is 0 Å². The fraction of sp³-hybridized carbons (Fsp3) is 0.929. The molecule has 4 heteroatoms. The maximum atomic E-state index is 11.7. The van der Waals surface area contributed by atoms with Crippen LogP contribution in [-0.4, -0.2) is 36.9 Å². The molecule has 1 fully saturated rings. The van der Waals surface area contributed by atoms with Crippen LogP contribution >= 0.6 is 0 Å². The second kappa shape index (κ2) is 5.17. The predicted octanol–water partition coefficient (Wildman–Crippen LogP) is 2.28. The topological polar surface area (TPSA) is 58.6 Å². The van der Waals surface area contributed by atoms with Crippen LogP contribution < -0.4 is 5.32 Å². The van der Waals surface area contributed by atoms with Crippen molar-refractivity contribution in [3.05, 3.63) is 0 Å². The van der Waals surface area contributed by atoms with Crippen LogP contribution in [0.2, 0.25) is 0 Å². The first kappa shape index (κ1) is 15.4. The van der Waals surface area contributed by atoms with Crippen molar-refractivity contribution in [3.63, 3.8) is 0 Å². The van der Waals surface area contributed by atoms with Crippen molar-refractivity contribution in [2.75, 3.05) is 20.3 Å². The van der Waals surface area contributed by atoms with Crippen LogP contribution in [0, 0.1) is 10.8 Å². The number of hydrogen-bond donors (Lipinski definition) is 2. The molecular formula is C14H27NO3. The number of carbonyl (C=O) groups is 1. The summed E-state index contributed by atoms with van der Waals surface area (Å²) < 4.78 is 5.01. The molecule has 0 atom stereocenters. The summed E-state index contributed by atoms with van der Waals surface area (Å²) in [4.78, 5) is 11.7. The van der Waals surface area contributed by atoms with E-state index in [0.717, 1.165) is 6.42 Å². The molecule has 0 bridgehead atoms. The number of ether oxygens (including phenoxy) is 1. The summed E-state index contributed by atoms with van der Waals surface area (Å²) >= 11 is 0. The first-order valence-electron chi connectivity index (χ1n) is 6.60. The zero-order chi connectivity index (χ0) is 14.0. The Morgan fingerprint density at radius 2 is 1.67 bits per heavy atom. The van der Waals surface area contributed by atoms with Gasteiger partial charge in [-0.05, 0) is 30.1 Å². The van der Waals surface area contributed by atoms with Crippen LogP contribution in [0.25, 0.3) is 0 Å². The van der Waals surface area contributed by atoms with Crippen molar-refractivity contribution in [1.29, 1.82) is 0 Å². The Hall–Kier alpha value is -0.610. The van der Waals surface area contributed by atoms with E-state index in [1.54, 1.807) is 7.11 Å². The number of aliphatic carboxylic acids is 1. The molecule has 0 spiro atoms. The Labute approximate surface area is 110 Å². The van der Waals surface area contributed by atoms with Crippen LogP contribution in [0.4, 0.5) is 0 Å². The third-order valence-corrected chi connectivity index (χ3v) is 3.70. The zero-order valence-electron chi connectivity index (χ0n) is 12.3. The molecule has 0 aromatic carbocycles. The van der Waals surface area contributed by atoms with E-state index in [1.807, 2.05) is 0 Å². The van der Waals surface area contributed by atoms with Crippen LogP contribution in [0.5, 0.6) is 0 Å². The number of methoxy groups -OCH3 is 1. The van der Waals surface area contributed by atoms with Gasteiger partial charge in [-0.3, -0.25) is 10.1 Å². The average molecular weight is 257 g/mol. The SMILES string of the molecule is COCCNC1(C(=O)O)CC(C)(C)CC(C)(C)C1. The fourth-order valence-corrected chi connectivity index (χ4v) is 3.86. The van der Waals surface area contributed by atoms with Crippen LogP contribution in [-0.2, 0) is 9.53 Å². The van der Waals surface area contributed by atoms with Crippen molar-refractivity contribution >= 4 is 5.97 Å². The minimum atomic E-state index is -0.816. The minimum Gasteiger partial charge on any atom is -0.480 e. The van der Waals surface area contributed by atoms with Crippen molar-refractivity contribution in [3.8, 4) is 0 Å². The van der Waals surface area contributed by atoms with E-state index in [1.165, 1.54) is 0 Å². The Morgan fingerprint density at radius 3 is 2.06 bits per heavy atom. The van der Waals surface area contributed by atoms with Gasteiger partial charge in [-0.2, -0.15) is 0 Å². The predicted molar refractivity (Wildman–Crippen MR) is 71.7 cm³/mol. The van der Waals surface area contributed by atoms with Gasteiger partial charge in [0.2, 0.25) is 0 Å². The molecule has 0 amide bonds. The Balaban J connectivity index is 2.91. The molecule has 0 unspecified atom stereocenters. The van der Waals surface area contributed by atoms with Gasteiger partial charge < -0.3 is 9.84 Å². The lowest BCUT2D eigenvalue weighted by molar-refractivity contribution is -0.151. The molecule has 1 rings (SSSR count). The van der Waals surface area contributed by atoms with E-state index in [9.17, 15) is 9.90 Å². The highest BCUT2D eigenvalue weighted by atomic mass is 16.5. The number of nitrogens with one attached hydrogen (secondary N) is 1. The van der Waals surface area contributed by atoms with Gasteiger partial charge in [0.05, 0.1) is 6.61 Å². The highest BCUT2D eigenvalue weighted by Crippen LogP contribution is 2.50. The second-order valence-electron chi connectivity index (χ2n) is 7.17. The van der Waals surface area contributed by atoms with E-state index < -0.39 is 11.5 Å². The van der Waals surface area contributed by atoms with E-state index >= 15 is 0 Å². The highest BCUT2D eigenvalue weighted by molar-refractivity contribution is 5.79. The molecule has 0 radical (unpaired) electrons. The van der Waals surface area contributed by atoms with Gasteiger partial charge in [-0.1, -0.05) is 27.7 Å². The van der Waals surface area contributed by atoms with E-state index in [-0.39, 0.29) is 10.8 Å². The lowest BCUT2D eigenvalue weighted by Crippen LogP contribution is -2.60. The fourth-order valence-electron chi connectivity index (χ4n) is 3.86. The van der Waals surface area contributed by atoms with E-state index in [4.69, 9.17) is 4.74 Å². The quantitative estimate of drug-likeness (QED) is 0.742. The third kappa shape index (κ3) is 3.69. The first-order chi connectivity index (χ1) is 8.13. The second-order valence-corrected chi connectivity index (χ2v) is 7.17. The molecule has 0 aromatic heterocycles. The van der Waals surface area contributed by atoms with E-state index in [2.05, 4.69) is 33.0 Å². The molecule has 0 saturated heterocycles. The smallest absolute Gasteiger partial charge is 0.323 e. The zero-order valence-corrected chi connectivity index (χ0v) is 12.3. The van der Waals surface area contributed by atoms with Gasteiger partial charge in [-0.15, -0.1) is 0 Å². The van der Waals surface area contributed by atoms with Gasteiger partial charge in [0.1, 0.15) is 5.54 Å². The van der Waals surface area contributed by atoms with E-state index in [0.29, 0.717) is 26.0 Å². The van der Waals surface area contributed by atoms with Crippen molar-refractivity contribution in [2.24, 2.45) is 10.8 Å². The van der Waals surface area contributed by atoms with Crippen LogP contribution in [0.15, 0.2) is 0 Å². The van der Waals surface area contributed by atoms with Crippen LogP contribution in [0.1, 0.15) is 47.0 Å². The van der Waals surface area contributed by atoms with Gasteiger partial charge in [0, 0.05) is 13.7 Å². The molecule has 1 saturated carbocycles. The first-order valence-corrected chi connectivity index (χ1v) is 6.60. The molecule has 1 aliphatic rings. The summed E-state index contributed by atoms with van der Waals surface area (Å²) in [6.45, 7) is 9.74. The molecular weight excluding hydrogens is 230 g/mol. The Morgan fingerprint density at radius 1 is 1.17 bits per heavy atom. The number of rotatable bonds is 5. The summed E-state index contributed by atoms with van der Waals surface area (Å²) in [5.74, 6) is -0.737. The summed E-state index contributed by atoms with van der Waals surface area (Å²) in [5.41, 5.74) is -0.732. The molecule has 2 N–H and O–H groups in total. The molecule has 0 heterocycles. The normalized spacial score (nSPS) is 24.7. The molecule has 106 valence electrons. The van der Waals surface area contributed by atoms with Gasteiger partial charge >= 0.3 is 5.97 Å². The minimum absolute atomic E-state index is 0.0419. The average Bonchev–Trinajstić information content (AvgIpc) is 2.12. The lowest BCUT2D eigenvalue weighted by Gasteiger charge is -2.50. The lowest BCUT2D eigenvalue weighted by atomic mass is 9.58. The summed E-state index contributed by atoms with van der Waals surface area (Å²) in [6, 6.07) is 0. The summed E-state index contributed by atoms with van der Waals surface area (Å²) in [7, 11) is 1.63. The monoisotopic (exact) mass is 257 g/mol. The highest BCUT2D eigenvalue weighted by Gasteiger charge is 2.51. The summed E-state index contributed by atoms with van der Waals surface area (Å²) in [6.07, 6.45) is 2.39. The van der Waals surface area contributed by atoms with Gasteiger partial charge in [0.15, 0.2) is 0 Å². The Bertz CT molecular complexity index is 294. The largest absolute Gasteiger partial charge is 0.480 e. The third-order valence-electron chi connectivity index (χ3n) is 3.70. The molecule has 0 aliphatic heterocycles. The molecule has 1 aliphatic carbocycles. The van der Waals surface area contributed by atoms with Gasteiger partial charge in [-0.25, -0.2) is 0 Å². The summed E-state index contributed by atoms with van der Waals surface area (Å²) in [5, 5.41) is 12.9. The van der Waals surface area contributed by atoms with Crippen molar-refractivity contribution < 1.29 is 14.6 Å². The molecule has 0 aromatic rings. The van der Waals surface area contributed by atoms with Crippen molar-refractivity contribution in [1.82, 2.24) is 5.32 Å². The standard InChI is InChI=1S/C14H27NO3/c1-12(2)8-13(3,4)10-14(9-12,11(16)17)15-6-7-18-5/h15H,6-10H2,1-5H3,(H,16,17). The number of hydrogen-bond acceptors (Lipinski definition) is 3. The maximum absolute atomic E-state index is 11.7. The van der Waals surface area contributed by atoms with Crippen LogP contribution in [0.3, 0.4) is 0 Å².